The Balaban J connectivity index is 1.88. The van der Waals surface area contributed by atoms with Crippen molar-refractivity contribution >= 4 is 17.6 Å². The second-order valence-corrected chi connectivity index (χ2v) is 4.65. The number of carbonyl (C=O) groups is 2. The second-order valence-electron chi connectivity index (χ2n) is 4.65. The summed E-state index contributed by atoms with van der Waals surface area (Å²) in [6, 6.07) is 7.09. The third kappa shape index (κ3) is 5.48. The van der Waals surface area contributed by atoms with Crippen molar-refractivity contribution in [2.24, 2.45) is 0 Å². The summed E-state index contributed by atoms with van der Waals surface area (Å²) < 4.78 is 59.2. The molecule has 5 nitrogen and oxygen atoms in total. The standard InChI is InChI=1S/C16H11F4NO4/c17-10-3-6-12(18)13(7-10)21-14(22)8-24-15(23)9-1-4-11(5-2-9)25-16(19)20/h1-7,16H,8H2,(H,21,22). The maximum absolute atomic E-state index is 13.4. The van der Waals surface area contributed by atoms with Gasteiger partial charge in [-0.25, -0.2) is 13.6 Å². The van der Waals surface area contributed by atoms with Gasteiger partial charge >= 0.3 is 12.6 Å². The van der Waals surface area contributed by atoms with Gasteiger partial charge in [-0.2, -0.15) is 8.78 Å². The predicted molar refractivity (Wildman–Crippen MR) is 78.3 cm³/mol. The first kappa shape index (κ1) is 18.2. The molecule has 0 bridgehead atoms. The smallest absolute Gasteiger partial charge is 0.387 e. The number of hydrogen-bond donors (Lipinski definition) is 1. The van der Waals surface area contributed by atoms with Gasteiger partial charge in [0.2, 0.25) is 0 Å². The minimum Gasteiger partial charge on any atom is -0.452 e. The fraction of sp³-hybridized carbons (Fsp3) is 0.125. The van der Waals surface area contributed by atoms with Gasteiger partial charge in [0.1, 0.15) is 17.4 Å². The molecule has 0 unspecified atom stereocenters. The van der Waals surface area contributed by atoms with E-state index in [0.29, 0.717) is 0 Å². The first-order valence-corrected chi connectivity index (χ1v) is 6.82. The Morgan fingerprint density at radius 1 is 1.04 bits per heavy atom. The minimum absolute atomic E-state index is 0.00801. The number of nitrogens with one attached hydrogen (secondary N) is 1. The fourth-order valence-corrected chi connectivity index (χ4v) is 1.77. The molecule has 9 heteroatoms. The third-order valence-electron chi connectivity index (χ3n) is 2.85. The van der Waals surface area contributed by atoms with Gasteiger partial charge in [-0.15, -0.1) is 0 Å². The lowest BCUT2D eigenvalue weighted by atomic mass is 10.2. The van der Waals surface area contributed by atoms with E-state index in [0.717, 1.165) is 30.3 Å². The highest BCUT2D eigenvalue weighted by Crippen LogP contribution is 2.16. The third-order valence-corrected chi connectivity index (χ3v) is 2.85. The van der Waals surface area contributed by atoms with Gasteiger partial charge in [0, 0.05) is 6.07 Å². The van der Waals surface area contributed by atoms with Crippen LogP contribution in [0.15, 0.2) is 42.5 Å². The Kier molecular flexibility index (Phi) is 5.93. The number of carbonyl (C=O) groups excluding carboxylic acids is 2. The lowest BCUT2D eigenvalue weighted by Crippen LogP contribution is -2.21. The molecule has 0 aromatic heterocycles. The highest BCUT2D eigenvalue weighted by Gasteiger charge is 2.13. The largest absolute Gasteiger partial charge is 0.452 e. The number of hydrogen-bond acceptors (Lipinski definition) is 4. The van der Waals surface area contributed by atoms with Crippen LogP contribution in [0.5, 0.6) is 5.75 Å². The van der Waals surface area contributed by atoms with Crippen LogP contribution in [0.2, 0.25) is 0 Å². The molecule has 0 radical (unpaired) electrons. The Morgan fingerprint density at radius 3 is 2.36 bits per heavy atom. The van der Waals surface area contributed by atoms with Gasteiger partial charge in [-0.1, -0.05) is 0 Å². The minimum atomic E-state index is -3.00. The molecule has 0 fully saturated rings. The SMILES string of the molecule is O=C(COC(=O)c1ccc(OC(F)F)cc1)Nc1cc(F)ccc1F. The summed E-state index contributed by atoms with van der Waals surface area (Å²) in [5.41, 5.74) is -0.402. The van der Waals surface area contributed by atoms with Crippen molar-refractivity contribution < 1.29 is 36.6 Å². The molecule has 0 aliphatic rings. The molecule has 0 spiro atoms. The van der Waals surface area contributed by atoms with Gasteiger partial charge in [0.15, 0.2) is 6.61 Å². The van der Waals surface area contributed by atoms with Crippen molar-refractivity contribution in [3.63, 3.8) is 0 Å². The zero-order valence-electron chi connectivity index (χ0n) is 12.5. The maximum Gasteiger partial charge on any atom is 0.387 e. The zero-order chi connectivity index (χ0) is 18.4. The molecule has 0 atom stereocenters. The molecule has 132 valence electrons. The quantitative estimate of drug-likeness (QED) is 0.636. The van der Waals surface area contributed by atoms with Crippen molar-refractivity contribution in [1.29, 1.82) is 0 Å². The van der Waals surface area contributed by atoms with Crippen molar-refractivity contribution in [2.75, 3.05) is 11.9 Å². The average molecular weight is 357 g/mol. The number of anilines is 1. The van der Waals surface area contributed by atoms with Gasteiger partial charge in [0.25, 0.3) is 5.91 Å². The molecule has 2 rings (SSSR count). The number of amides is 1. The van der Waals surface area contributed by atoms with E-state index >= 15 is 0 Å². The van der Waals surface area contributed by atoms with Crippen LogP contribution in [-0.2, 0) is 9.53 Å². The Labute approximate surface area is 139 Å². The second kappa shape index (κ2) is 8.13. The summed E-state index contributed by atoms with van der Waals surface area (Å²) in [4.78, 5) is 23.3. The van der Waals surface area contributed by atoms with E-state index in [1.807, 2.05) is 0 Å². The summed E-state index contributed by atoms with van der Waals surface area (Å²) in [6.45, 7) is -3.74. The first-order chi connectivity index (χ1) is 11.8. The normalized spacial score (nSPS) is 10.4. The van der Waals surface area contributed by atoms with Gasteiger partial charge in [-0.05, 0) is 36.4 Å². The van der Waals surface area contributed by atoms with Crippen LogP contribution in [0.3, 0.4) is 0 Å². The molecule has 1 N–H and O–H groups in total. The molecular formula is C16H11F4NO4. The van der Waals surface area contributed by atoms with E-state index in [1.165, 1.54) is 12.1 Å². The Bertz CT molecular complexity index is 765. The first-order valence-electron chi connectivity index (χ1n) is 6.82. The van der Waals surface area contributed by atoms with Crippen LogP contribution in [0, 0.1) is 11.6 Å². The zero-order valence-corrected chi connectivity index (χ0v) is 12.5. The van der Waals surface area contributed by atoms with Crippen molar-refractivity contribution in [2.45, 2.75) is 6.61 Å². The highest BCUT2D eigenvalue weighted by atomic mass is 19.3. The van der Waals surface area contributed by atoms with E-state index in [1.54, 1.807) is 0 Å². The summed E-state index contributed by atoms with van der Waals surface area (Å²) in [7, 11) is 0. The molecular weight excluding hydrogens is 346 g/mol. The van der Waals surface area contributed by atoms with E-state index in [4.69, 9.17) is 4.74 Å². The monoisotopic (exact) mass is 357 g/mol. The van der Waals surface area contributed by atoms with Crippen LogP contribution in [0.25, 0.3) is 0 Å². The number of halogens is 4. The van der Waals surface area contributed by atoms with Crippen molar-refractivity contribution in [3.8, 4) is 5.75 Å². The van der Waals surface area contributed by atoms with Gasteiger partial charge in [-0.3, -0.25) is 4.79 Å². The molecule has 0 saturated heterocycles. The summed E-state index contributed by atoms with van der Waals surface area (Å²) >= 11 is 0. The van der Waals surface area contributed by atoms with Crippen LogP contribution in [0.1, 0.15) is 10.4 Å². The van der Waals surface area contributed by atoms with Gasteiger partial charge in [0.05, 0.1) is 11.3 Å². The van der Waals surface area contributed by atoms with Crippen molar-refractivity contribution in [1.82, 2.24) is 0 Å². The Morgan fingerprint density at radius 2 is 1.72 bits per heavy atom. The molecule has 2 aromatic rings. The van der Waals surface area contributed by atoms with E-state index in [-0.39, 0.29) is 11.3 Å². The predicted octanol–water partition coefficient (Wildman–Crippen LogP) is 3.36. The van der Waals surface area contributed by atoms with E-state index in [9.17, 15) is 27.2 Å². The summed E-state index contributed by atoms with van der Waals surface area (Å²) in [5, 5.41) is 2.05. The Hall–Kier alpha value is -3.10. The summed E-state index contributed by atoms with van der Waals surface area (Å²) in [6.07, 6.45) is 0. The van der Waals surface area contributed by atoms with Crippen LogP contribution in [0.4, 0.5) is 23.2 Å². The maximum atomic E-state index is 13.4. The van der Waals surface area contributed by atoms with Gasteiger partial charge < -0.3 is 14.8 Å². The van der Waals surface area contributed by atoms with Crippen LogP contribution >= 0.6 is 0 Å². The molecule has 0 saturated carbocycles. The lowest BCUT2D eigenvalue weighted by molar-refractivity contribution is -0.119. The molecule has 0 aliphatic carbocycles. The topological polar surface area (TPSA) is 64.6 Å². The molecule has 2 aromatic carbocycles. The van der Waals surface area contributed by atoms with Crippen LogP contribution in [-0.4, -0.2) is 25.1 Å². The van der Waals surface area contributed by atoms with Crippen molar-refractivity contribution in [3.05, 3.63) is 59.7 Å². The number of rotatable bonds is 6. The average Bonchev–Trinajstić information content (AvgIpc) is 2.56. The molecule has 1 amide bonds. The highest BCUT2D eigenvalue weighted by molar-refractivity contribution is 5.95. The molecule has 0 heterocycles. The number of alkyl halides is 2. The van der Waals surface area contributed by atoms with E-state index < -0.39 is 42.4 Å². The fourth-order valence-electron chi connectivity index (χ4n) is 1.77. The van der Waals surface area contributed by atoms with Crippen LogP contribution < -0.4 is 10.1 Å². The van der Waals surface area contributed by atoms with E-state index in [2.05, 4.69) is 10.1 Å². The molecule has 25 heavy (non-hydrogen) atoms. The lowest BCUT2D eigenvalue weighted by Gasteiger charge is -2.08. The molecule has 0 aliphatic heterocycles. The summed E-state index contributed by atoms with van der Waals surface area (Å²) in [5.74, 6) is -3.53. The number of benzene rings is 2. The number of ether oxygens (including phenoxy) is 2. The number of esters is 1.